The van der Waals surface area contributed by atoms with Gasteiger partial charge < -0.3 is 11.7 Å². The molecule has 156 valence electrons. The number of rotatable bonds is 20. The first-order valence-electron chi connectivity index (χ1n) is 11.7. The van der Waals surface area contributed by atoms with Crippen molar-refractivity contribution in [1.29, 1.82) is 0 Å². The molecule has 0 rings (SSSR count). The van der Waals surface area contributed by atoms with Gasteiger partial charge in [0.15, 0.2) is 0 Å². The summed E-state index contributed by atoms with van der Waals surface area (Å²) in [5, 5.41) is 0. The summed E-state index contributed by atoms with van der Waals surface area (Å²) in [6, 6.07) is 0. The fraction of sp³-hybridized carbons (Fsp3) is 0.917. The van der Waals surface area contributed by atoms with Crippen LogP contribution < -0.4 is 29.6 Å². The summed E-state index contributed by atoms with van der Waals surface area (Å²) in [6.07, 6.45) is 23.8. The average molecular weight is 391 g/mol. The molecule has 0 radical (unpaired) electrons. The molecule has 0 N–H and O–H groups in total. The number of ether oxygens (including phenoxy) is 1. The van der Waals surface area contributed by atoms with Crippen LogP contribution in [0.5, 0.6) is 0 Å². The number of carbonyl (C=O) groups excluding carboxylic acids is 1. The van der Waals surface area contributed by atoms with Gasteiger partial charge in [-0.25, -0.2) is 0 Å². The number of esters is 1. The van der Waals surface area contributed by atoms with Crippen molar-refractivity contribution in [2.24, 2.45) is 0 Å². The molecule has 0 fully saturated rings. The Kier molecular flexibility index (Phi) is 26.9. The fourth-order valence-electron chi connectivity index (χ4n) is 3.41. The Bertz CT molecular complexity index is 294. The Labute approximate surface area is 193 Å². The van der Waals surface area contributed by atoms with Crippen molar-refractivity contribution in [3.8, 4) is 0 Å². The summed E-state index contributed by atoms with van der Waals surface area (Å²) in [5.74, 6) is -0.00618. The molecule has 2 nitrogen and oxygen atoms in total. The zero-order valence-electron chi connectivity index (χ0n) is 19.0. The molecule has 0 spiro atoms. The largest absolute Gasteiger partial charge is 1.00 e. The summed E-state index contributed by atoms with van der Waals surface area (Å²) in [7, 11) is 0. The van der Waals surface area contributed by atoms with Gasteiger partial charge in [-0.3, -0.25) is 4.79 Å². The third-order valence-electron chi connectivity index (χ3n) is 5.18. The number of unbranched alkanes of at least 4 members (excludes halogenated alkanes) is 15. The van der Waals surface area contributed by atoms with Gasteiger partial charge >= 0.3 is 35.5 Å². The summed E-state index contributed by atoms with van der Waals surface area (Å²) < 4.78 is 5.47. The van der Waals surface area contributed by atoms with Gasteiger partial charge in [-0.2, -0.15) is 6.42 Å². The molecule has 0 saturated carbocycles. The van der Waals surface area contributed by atoms with Crippen LogP contribution in [0.1, 0.15) is 136 Å². The van der Waals surface area contributed by atoms with Gasteiger partial charge in [-0.1, -0.05) is 96.8 Å². The zero-order valence-corrected chi connectivity index (χ0v) is 21.0. The Hall–Kier alpha value is 0.470. The molecular formula is C24H47NaO2. The van der Waals surface area contributed by atoms with E-state index in [2.05, 4.69) is 13.8 Å². The van der Waals surface area contributed by atoms with Crippen LogP contribution in [-0.2, 0) is 9.53 Å². The number of hydrogen-bond acceptors (Lipinski definition) is 2. The van der Waals surface area contributed by atoms with E-state index >= 15 is 0 Å². The maximum Gasteiger partial charge on any atom is 1.00 e. The van der Waals surface area contributed by atoms with Crippen LogP contribution in [0.2, 0.25) is 0 Å². The molecule has 1 unspecified atom stereocenters. The summed E-state index contributed by atoms with van der Waals surface area (Å²) in [5.41, 5.74) is 0. The van der Waals surface area contributed by atoms with Crippen molar-refractivity contribution < 1.29 is 39.1 Å². The first kappa shape index (κ1) is 29.7. The predicted molar refractivity (Wildman–Crippen MR) is 114 cm³/mol. The quantitative estimate of drug-likeness (QED) is 0.124. The van der Waals surface area contributed by atoms with Gasteiger partial charge in [0.05, 0.1) is 6.10 Å². The zero-order chi connectivity index (χ0) is 19.3. The van der Waals surface area contributed by atoms with Crippen LogP contribution in [0.15, 0.2) is 0 Å². The van der Waals surface area contributed by atoms with Crippen molar-refractivity contribution in [2.45, 2.75) is 142 Å². The van der Waals surface area contributed by atoms with Gasteiger partial charge in [-0.15, -0.1) is 0 Å². The number of hydrogen-bond donors (Lipinski definition) is 0. The minimum absolute atomic E-state index is 0. The molecule has 1 atom stereocenters. The monoisotopic (exact) mass is 390 g/mol. The van der Waals surface area contributed by atoms with E-state index in [0.717, 1.165) is 32.1 Å². The predicted octanol–water partition coefficient (Wildman–Crippen LogP) is 5.19. The first-order valence-corrected chi connectivity index (χ1v) is 11.7. The van der Waals surface area contributed by atoms with Crippen molar-refractivity contribution in [1.82, 2.24) is 0 Å². The second-order valence-corrected chi connectivity index (χ2v) is 8.00. The van der Waals surface area contributed by atoms with Crippen LogP contribution in [0.4, 0.5) is 0 Å². The van der Waals surface area contributed by atoms with Crippen molar-refractivity contribution in [2.75, 3.05) is 0 Å². The molecule has 0 aromatic carbocycles. The Balaban J connectivity index is 0. The van der Waals surface area contributed by atoms with E-state index in [0.29, 0.717) is 6.42 Å². The summed E-state index contributed by atoms with van der Waals surface area (Å²) >= 11 is 0. The van der Waals surface area contributed by atoms with Crippen LogP contribution in [-0.4, -0.2) is 12.1 Å². The molecule has 0 aliphatic heterocycles. The SMILES string of the molecule is [CH2-]CCCCCCCCCCCCCCCC(C)OC(=O)CCCCC.[Na+]. The maximum atomic E-state index is 11.7. The Morgan fingerprint density at radius 2 is 1.19 bits per heavy atom. The van der Waals surface area contributed by atoms with Gasteiger partial charge in [0, 0.05) is 6.42 Å². The van der Waals surface area contributed by atoms with Crippen LogP contribution in [0.25, 0.3) is 0 Å². The van der Waals surface area contributed by atoms with E-state index < -0.39 is 0 Å². The van der Waals surface area contributed by atoms with E-state index in [4.69, 9.17) is 4.74 Å². The molecular weight excluding hydrogens is 343 g/mol. The smallest absolute Gasteiger partial charge is 0.463 e. The van der Waals surface area contributed by atoms with Gasteiger partial charge in [-0.05, 0) is 26.2 Å². The molecule has 0 aliphatic rings. The third kappa shape index (κ3) is 24.4. The molecule has 0 aromatic rings. The van der Waals surface area contributed by atoms with Crippen molar-refractivity contribution >= 4 is 5.97 Å². The molecule has 3 heteroatoms. The second-order valence-electron chi connectivity index (χ2n) is 8.00. The number of carbonyl (C=O) groups is 1. The van der Waals surface area contributed by atoms with E-state index in [1.807, 2.05) is 6.92 Å². The van der Waals surface area contributed by atoms with Crippen molar-refractivity contribution in [3.05, 3.63) is 6.92 Å². The molecule has 0 heterocycles. The standard InChI is InChI=1S/C24H47O2.Na/c1-4-6-8-9-10-11-12-13-14-15-16-17-18-20-21-23(3)26-24(25)22-19-7-5-2;/h23H,1,4-22H2,2-3H3;/q-1;+1. The minimum atomic E-state index is -0.00618. The Morgan fingerprint density at radius 1 is 0.741 bits per heavy atom. The van der Waals surface area contributed by atoms with Gasteiger partial charge in [0.2, 0.25) is 0 Å². The minimum Gasteiger partial charge on any atom is -0.463 e. The molecule has 27 heavy (non-hydrogen) atoms. The topological polar surface area (TPSA) is 26.3 Å². The summed E-state index contributed by atoms with van der Waals surface area (Å²) in [6.45, 7) is 8.09. The van der Waals surface area contributed by atoms with E-state index in [1.54, 1.807) is 0 Å². The summed E-state index contributed by atoms with van der Waals surface area (Å²) in [4.78, 5) is 11.7. The van der Waals surface area contributed by atoms with Crippen LogP contribution >= 0.6 is 0 Å². The Morgan fingerprint density at radius 3 is 1.63 bits per heavy atom. The van der Waals surface area contributed by atoms with E-state index in [1.165, 1.54) is 83.5 Å². The first-order chi connectivity index (χ1) is 12.7. The third-order valence-corrected chi connectivity index (χ3v) is 5.18. The molecule has 0 aliphatic carbocycles. The fourth-order valence-corrected chi connectivity index (χ4v) is 3.41. The van der Waals surface area contributed by atoms with E-state index in [-0.39, 0.29) is 41.6 Å². The van der Waals surface area contributed by atoms with Crippen LogP contribution in [0, 0.1) is 6.92 Å². The molecule has 0 saturated heterocycles. The molecule has 0 bridgehead atoms. The van der Waals surface area contributed by atoms with E-state index in [9.17, 15) is 4.79 Å². The normalized spacial score (nSPS) is 11.8. The second kappa shape index (κ2) is 24.5. The average Bonchev–Trinajstić information content (AvgIpc) is 2.62. The maximum absolute atomic E-state index is 11.7. The van der Waals surface area contributed by atoms with Crippen molar-refractivity contribution in [3.63, 3.8) is 0 Å². The molecule has 0 aromatic heterocycles. The van der Waals surface area contributed by atoms with Gasteiger partial charge in [0.1, 0.15) is 0 Å². The van der Waals surface area contributed by atoms with Crippen LogP contribution in [0.3, 0.4) is 0 Å². The van der Waals surface area contributed by atoms with Gasteiger partial charge in [0.25, 0.3) is 0 Å². The molecule has 0 amide bonds.